The van der Waals surface area contributed by atoms with Crippen molar-refractivity contribution in [3.05, 3.63) is 0 Å². The normalized spacial score (nSPS) is 13.4. The second-order valence-electron chi connectivity index (χ2n) is 14.1. The predicted molar refractivity (Wildman–Crippen MR) is 253 cm³/mol. The molecule has 0 atom stereocenters. The van der Waals surface area contributed by atoms with Gasteiger partial charge in [-0.3, -0.25) is 19.2 Å². The van der Waals surface area contributed by atoms with E-state index in [1.54, 1.807) is 0 Å². The smallest absolute Gasteiger partial charge is 0.331 e. The Morgan fingerprint density at radius 1 is 0.333 bits per heavy atom. The van der Waals surface area contributed by atoms with Crippen molar-refractivity contribution in [1.82, 2.24) is 21.3 Å². The van der Waals surface area contributed by atoms with Gasteiger partial charge in [-0.25, -0.2) is 19.2 Å². The largest absolute Gasteiger partial charge is 0.463 e. The van der Waals surface area contributed by atoms with Crippen LogP contribution in [0.4, 0.5) is 0 Å². The number of hydrogen-bond donors (Lipinski definition) is 4. The minimum absolute atomic E-state index is 0.733. The van der Waals surface area contributed by atoms with E-state index in [1.165, 1.54) is 55.4 Å². The molecular weight excluding hydrogens is 1560 g/mol. The summed E-state index contributed by atoms with van der Waals surface area (Å²) in [5, 5.41) is 9.87. The molecule has 0 bridgehead atoms. The van der Waals surface area contributed by atoms with Crippen molar-refractivity contribution in [2.45, 2.75) is 86.1 Å². The van der Waals surface area contributed by atoms with Gasteiger partial charge in [0.2, 0.25) is 8.57 Å². The molecule has 0 aromatic heterocycles. The number of amides is 4. The molecule has 0 spiro atoms. The van der Waals surface area contributed by atoms with Crippen LogP contribution in [0.2, 0.25) is 0 Å². The Morgan fingerprint density at radius 2 is 0.474 bits per heavy atom. The maximum Gasteiger partial charge on any atom is 0.331 e. The van der Waals surface area contributed by atoms with Crippen LogP contribution in [0.15, 0.2) is 0 Å². The molecule has 0 heterocycles. The van der Waals surface area contributed by atoms with Crippen LogP contribution in [0.5, 0.6) is 0 Å². The maximum atomic E-state index is 13.5. The highest BCUT2D eigenvalue weighted by Crippen LogP contribution is 2.37. The number of rotatable bonds is 16. The van der Waals surface area contributed by atoms with Gasteiger partial charge in [0.15, 0.2) is 0 Å². The van der Waals surface area contributed by atoms with E-state index in [9.17, 15) is 38.4 Å². The molecule has 0 aliphatic carbocycles. The Labute approximate surface area is 429 Å². The molecule has 16 nitrogen and oxygen atoms in total. The van der Waals surface area contributed by atoms with Crippen molar-refractivity contribution in [2.75, 3.05) is 26.4 Å². The molecular formula is C29H36Br12N4O12. The molecule has 328 valence electrons. The Hall–Kier alpha value is 1.52. The average molecular weight is 1590 g/mol. The fraction of sp³-hybridized carbons (Fsp3) is 0.724. The van der Waals surface area contributed by atoms with E-state index in [1.807, 2.05) is 0 Å². The van der Waals surface area contributed by atoms with Gasteiger partial charge in [0.05, 0.1) is 0 Å². The maximum absolute atomic E-state index is 13.5. The zero-order valence-corrected chi connectivity index (χ0v) is 49.8. The highest BCUT2D eigenvalue weighted by Gasteiger charge is 2.47. The van der Waals surface area contributed by atoms with Crippen LogP contribution >= 0.6 is 191 Å². The third kappa shape index (κ3) is 20.3. The van der Waals surface area contributed by atoms with Gasteiger partial charge in [-0.05, 0) is 247 Å². The summed E-state index contributed by atoms with van der Waals surface area (Å²) in [5.41, 5.74) is -8.81. The van der Waals surface area contributed by atoms with E-state index in [2.05, 4.69) is 212 Å². The average Bonchev–Trinajstić information content (AvgIpc) is 3.00. The summed E-state index contributed by atoms with van der Waals surface area (Å²) in [6, 6.07) is 0. The first kappa shape index (κ1) is 58.5. The van der Waals surface area contributed by atoms with E-state index in [0.29, 0.717) is 0 Å². The van der Waals surface area contributed by atoms with Gasteiger partial charge in [-0.15, -0.1) is 0 Å². The first-order valence-electron chi connectivity index (χ1n) is 15.3. The molecule has 4 N–H and O–H groups in total. The lowest BCUT2D eigenvalue weighted by molar-refractivity contribution is -0.179. The van der Waals surface area contributed by atoms with Crippen LogP contribution in [-0.4, -0.2) is 105 Å². The Balaban J connectivity index is 7.15. The lowest BCUT2D eigenvalue weighted by Crippen LogP contribution is -2.57. The van der Waals surface area contributed by atoms with Gasteiger partial charge in [0.25, 0.3) is 23.6 Å². The summed E-state index contributed by atoms with van der Waals surface area (Å²) >= 11 is 36.8. The Kier molecular flexibility index (Phi) is 22.5. The van der Waals surface area contributed by atoms with Crippen molar-refractivity contribution in [3.8, 4) is 0 Å². The van der Waals surface area contributed by atoms with Gasteiger partial charge in [0, 0.05) is 0 Å². The number of nitrogens with one attached hydrogen (secondary N) is 4. The number of ether oxygens (including phenoxy) is 4. The highest BCUT2D eigenvalue weighted by molar-refractivity contribution is 9.41. The molecule has 0 saturated carbocycles. The van der Waals surface area contributed by atoms with Crippen molar-refractivity contribution in [1.29, 1.82) is 0 Å². The fourth-order valence-corrected chi connectivity index (χ4v) is 4.66. The van der Waals surface area contributed by atoms with Crippen molar-refractivity contribution in [3.63, 3.8) is 0 Å². The number of esters is 4. The summed E-state index contributed by atoms with van der Waals surface area (Å²) in [7, 11) is 0. The van der Waals surface area contributed by atoms with E-state index >= 15 is 0 Å². The van der Waals surface area contributed by atoms with Gasteiger partial charge < -0.3 is 40.2 Å². The molecule has 0 aromatic carbocycles. The second kappa shape index (κ2) is 21.9. The minimum atomic E-state index is -1.95. The zero-order chi connectivity index (χ0) is 45.6. The molecule has 57 heavy (non-hydrogen) atoms. The molecule has 0 aliphatic heterocycles. The summed E-state index contributed by atoms with van der Waals surface area (Å²) in [4.78, 5) is 105. The van der Waals surface area contributed by atoms with Crippen LogP contribution in [0.25, 0.3) is 0 Å². The third-order valence-electron chi connectivity index (χ3n) is 6.81. The molecule has 28 heteroatoms. The summed E-state index contributed by atoms with van der Waals surface area (Å²) in [6.45, 7) is 7.36. The van der Waals surface area contributed by atoms with E-state index in [0.717, 1.165) is 0 Å². The topological polar surface area (TPSA) is 222 Å². The molecule has 0 aliphatic rings. The van der Waals surface area contributed by atoms with Crippen molar-refractivity contribution >= 4 is 239 Å². The quantitative estimate of drug-likeness (QED) is 0.0692. The molecule has 0 aromatic rings. The number of halogens is 12. The van der Waals surface area contributed by atoms with Crippen LogP contribution < -0.4 is 21.3 Å². The van der Waals surface area contributed by atoms with E-state index in [-0.39, 0.29) is 0 Å². The number of carbonyl (C=O) groups excluding carboxylic acids is 8. The first-order valence-corrected chi connectivity index (χ1v) is 24.8. The SMILES string of the molecule is CC(C)(NC(=O)C(Br)(Br)Br)C(=O)OCC(COC(=O)C(C)(C)NC(=O)C(Br)(Br)Br)(COC(=O)C(C)(C)NC(=O)C(Br)(Br)Br)COC(=O)C(C)(C)NC(=O)C(Br)(Br)Br. The number of hydrogen-bond acceptors (Lipinski definition) is 12. The lowest BCUT2D eigenvalue weighted by Gasteiger charge is -2.36. The molecule has 0 radical (unpaired) electrons. The van der Waals surface area contributed by atoms with Gasteiger partial charge in [-0.1, -0.05) is 0 Å². The number of alkyl halides is 12. The van der Waals surface area contributed by atoms with Crippen LogP contribution in [0.3, 0.4) is 0 Å². The fourth-order valence-electron chi connectivity index (χ4n) is 3.47. The van der Waals surface area contributed by atoms with E-state index in [4.69, 9.17) is 18.9 Å². The molecule has 0 unspecified atom stereocenters. The third-order valence-corrected chi connectivity index (χ3v) is 11.1. The van der Waals surface area contributed by atoms with Gasteiger partial charge in [0.1, 0.15) is 54.0 Å². The van der Waals surface area contributed by atoms with Gasteiger partial charge in [-0.2, -0.15) is 0 Å². The van der Waals surface area contributed by atoms with Crippen LogP contribution in [0, 0.1) is 5.41 Å². The number of carbonyl (C=O) groups is 8. The van der Waals surface area contributed by atoms with Gasteiger partial charge >= 0.3 is 23.9 Å². The van der Waals surface area contributed by atoms with Crippen molar-refractivity contribution in [2.24, 2.45) is 5.41 Å². The lowest BCUT2D eigenvalue weighted by atomic mass is 9.91. The van der Waals surface area contributed by atoms with Crippen LogP contribution in [-0.2, 0) is 57.3 Å². The Bertz CT molecular complexity index is 1340. The Morgan fingerprint density at radius 3 is 0.596 bits per heavy atom. The predicted octanol–water partition coefficient (Wildman–Crippen LogP) is 7.08. The molecule has 0 rings (SSSR count). The van der Waals surface area contributed by atoms with Crippen LogP contribution in [0.1, 0.15) is 55.4 Å². The zero-order valence-electron chi connectivity index (χ0n) is 30.8. The molecule has 0 fully saturated rings. The summed E-state index contributed by atoms with van der Waals surface area (Å²) in [6.07, 6.45) is 0. The van der Waals surface area contributed by atoms with E-state index < -0.39 is 110 Å². The first-order chi connectivity index (χ1) is 25.0. The summed E-state index contributed by atoms with van der Waals surface area (Å²) < 4.78 is 16.7. The monoisotopic (exact) mass is 1580 g/mol. The highest BCUT2D eigenvalue weighted by atomic mass is 80.0. The van der Waals surface area contributed by atoms with Crippen molar-refractivity contribution < 1.29 is 57.3 Å². The summed E-state index contributed by atoms with van der Waals surface area (Å²) in [5.74, 6) is -7.08. The second-order valence-corrected chi connectivity index (χ2v) is 41.2. The molecule has 4 amide bonds. The molecule has 0 saturated heterocycles. The minimum Gasteiger partial charge on any atom is -0.463 e. The standard InChI is InChI=1S/C29H36Br12N4O12/c1-21(2,42-13(46)26(30,31)32)17(50)54-9-25(10-55-18(51)22(3,4)43-14(47)27(33,34)35,11-56-19(52)23(5,6)44-15(48)28(36,37)38)12-57-20(53)24(7,8)45-16(49)29(39,40)41/h9-12H2,1-8H3,(H,42,46)(H,43,47)(H,44,48)(H,45,49).